The van der Waals surface area contributed by atoms with Crippen LogP contribution in [0.3, 0.4) is 0 Å². The SMILES string of the molecule is CCC(C(=O)c1ccccc1)N(CC)CC(F)(F)F. The molecule has 0 radical (unpaired) electrons. The fourth-order valence-corrected chi connectivity index (χ4v) is 2.08. The third-order valence-corrected chi connectivity index (χ3v) is 2.98. The van der Waals surface area contributed by atoms with Crippen LogP contribution in [0.4, 0.5) is 13.2 Å². The molecule has 0 aliphatic carbocycles. The molecular weight excluding hydrogens is 255 g/mol. The van der Waals surface area contributed by atoms with Crippen molar-refractivity contribution in [2.45, 2.75) is 32.5 Å². The smallest absolute Gasteiger partial charge is 0.292 e. The Labute approximate surface area is 111 Å². The fraction of sp³-hybridized carbons (Fsp3) is 0.500. The molecule has 0 heterocycles. The van der Waals surface area contributed by atoms with Crippen molar-refractivity contribution in [3.63, 3.8) is 0 Å². The summed E-state index contributed by atoms with van der Waals surface area (Å²) in [4.78, 5) is 13.4. The normalized spacial score (nSPS) is 13.6. The van der Waals surface area contributed by atoms with Gasteiger partial charge in [-0.3, -0.25) is 9.69 Å². The van der Waals surface area contributed by atoms with Crippen molar-refractivity contribution >= 4 is 5.78 Å². The topological polar surface area (TPSA) is 20.3 Å². The first-order valence-electron chi connectivity index (χ1n) is 6.29. The maximum Gasteiger partial charge on any atom is 0.401 e. The quantitative estimate of drug-likeness (QED) is 0.739. The minimum atomic E-state index is -4.29. The monoisotopic (exact) mass is 273 g/mol. The number of halogens is 3. The lowest BCUT2D eigenvalue weighted by atomic mass is 10.0. The maximum absolute atomic E-state index is 12.5. The van der Waals surface area contributed by atoms with Gasteiger partial charge in [-0.05, 0) is 13.0 Å². The predicted octanol–water partition coefficient (Wildman–Crippen LogP) is 3.53. The number of carbonyl (C=O) groups is 1. The van der Waals surface area contributed by atoms with Crippen molar-refractivity contribution < 1.29 is 18.0 Å². The highest BCUT2D eigenvalue weighted by atomic mass is 19.4. The Balaban J connectivity index is 2.89. The lowest BCUT2D eigenvalue weighted by molar-refractivity contribution is -0.148. The first-order valence-corrected chi connectivity index (χ1v) is 6.29. The molecule has 0 saturated heterocycles. The van der Waals surface area contributed by atoms with Crippen molar-refractivity contribution in [2.24, 2.45) is 0 Å². The molecule has 19 heavy (non-hydrogen) atoms. The summed E-state index contributed by atoms with van der Waals surface area (Å²) in [6.07, 6.45) is -3.93. The first kappa shape index (κ1) is 15.7. The van der Waals surface area contributed by atoms with Crippen LogP contribution in [-0.4, -0.2) is 36.0 Å². The van der Waals surface area contributed by atoms with Gasteiger partial charge >= 0.3 is 6.18 Å². The van der Waals surface area contributed by atoms with Crippen LogP contribution >= 0.6 is 0 Å². The summed E-state index contributed by atoms with van der Waals surface area (Å²) in [6.45, 7) is 2.49. The minimum Gasteiger partial charge on any atom is -0.292 e. The summed E-state index contributed by atoms with van der Waals surface area (Å²) < 4.78 is 37.5. The second-order valence-electron chi connectivity index (χ2n) is 4.33. The molecule has 1 unspecified atom stereocenters. The lowest BCUT2D eigenvalue weighted by Crippen LogP contribution is -2.45. The molecular formula is C14H18F3NO. The molecule has 0 aliphatic rings. The third-order valence-electron chi connectivity index (χ3n) is 2.98. The maximum atomic E-state index is 12.5. The number of Topliss-reactive ketones (excluding diaryl/α,β-unsaturated/α-hetero) is 1. The minimum absolute atomic E-state index is 0.191. The van der Waals surface area contributed by atoms with E-state index in [9.17, 15) is 18.0 Å². The summed E-state index contributed by atoms with van der Waals surface area (Å²) in [5.41, 5.74) is 0.454. The number of alkyl halides is 3. The Morgan fingerprint density at radius 3 is 2.21 bits per heavy atom. The van der Waals surface area contributed by atoms with Gasteiger partial charge in [0.1, 0.15) is 0 Å². The van der Waals surface area contributed by atoms with Crippen LogP contribution in [0.15, 0.2) is 30.3 Å². The molecule has 0 bridgehead atoms. The number of rotatable bonds is 6. The molecule has 0 aliphatic heterocycles. The van der Waals surface area contributed by atoms with Gasteiger partial charge in [-0.25, -0.2) is 0 Å². The molecule has 0 amide bonds. The van der Waals surface area contributed by atoms with Crippen molar-refractivity contribution in [2.75, 3.05) is 13.1 Å². The van der Waals surface area contributed by atoms with E-state index in [1.807, 2.05) is 0 Å². The fourth-order valence-electron chi connectivity index (χ4n) is 2.08. The van der Waals surface area contributed by atoms with Crippen molar-refractivity contribution in [3.05, 3.63) is 35.9 Å². The zero-order valence-electron chi connectivity index (χ0n) is 11.1. The summed E-state index contributed by atoms with van der Waals surface area (Å²) in [5.74, 6) is -0.255. The Morgan fingerprint density at radius 2 is 1.79 bits per heavy atom. The number of carbonyl (C=O) groups excluding carboxylic acids is 1. The van der Waals surface area contributed by atoms with Crippen LogP contribution in [0.1, 0.15) is 30.6 Å². The molecule has 2 nitrogen and oxygen atoms in total. The number of likely N-dealkylation sites (N-methyl/N-ethyl adjacent to an activating group) is 1. The molecule has 1 atom stereocenters. The number of nitrogens with zero attached hydrogens (tertiary/aromatic N) is 1. The van der Waals surface area contributed by atoms with Gasteiger partial charge in [0.15, 0.2) is 5.78 Å². The van der Waals surface area contributed by atoms with E-state index in [0.29, 0.717) is 12.0 Å². The van der Waals surface area contributed by atoms with E-state index < -0.39 is 18.8 Å². The molecule has 1 rings (SSSR count). The molecule has 0 aromatic heterocycles. The van der Waals surface area contributed by atoms with E-state index in [1.54, 1.807) is 44.2 Å². The second kappa shape index (κ2) is 6.70. The highest BCUT2D eigenvalue weighted by molar-refractivity contribution is 6.00. The van der Waals surface area contributed by atoms with Gasteiger partial charge in [0.2, 0.25) is 0 Å². The van der Waals surface area contributed by atoms with E-state index in [4.69, 9.17) is 0 Å². The van der Waals surface area contributed by atoms with Crippen LogP contribution in [0.25, 0.3) is 0 Å². The average Bonchev–Trinajstić information content (AvgIpc) is 2.37. The van der Waals surface area contributed by atoms with Crippen molar-refractivity contribution in [1.29, 1.82) is 0 Å². The van der Waals surface area contributed by atoms with Crippen molar-refractivity contribution in [3.8, 4) is 0 Å². The highest BCUT2D eigenvalue weighted by Crippen LogP contribution is 2.20. The van der Waals surface area contributed by atoms with Crippen LogP contribution in [0.5, 0.6) is 0 Å². The molecule has 0 N–H and O–H groups in total. The number of benzene rings is 1. The van der Waals surface area contributed by atoms with E-state index >= 15 is 0 Å². The van der Waals surface area contributed by atoms with E-state index in [0.717, 1.165) is 0 Å². The average molecular weight is 273 g/mol. The Hall–Kier alpha value is -1.36. The van der Waals surface area contributed by atoms with Gasteiger partial charge in [0.25, 0.3) is 0 Å². The van der Waals surface area contributed by atoms with Gasteiger partial charge in [-0.2, -0.15) is 13.2 Å². The number of hydrogen-bond donors (Lipinski definition) is 0. The Morgan fingerprint density at radius 1 is 1.21 bits per heavy atom. The zero-order chi connectivity index (χ0) is 14.5. The van der Waals surface area contributed by atoms with Gasteiger partial charge in [-0.1, -0.05) is 44.2 Å². The summed E-state index contributed by atoms with van der Waals surface area (Å²) in [6, 6.07) is 7.72. The first-order chi connectivity index (χ1) is 8.89. The van der Waals surface area contributed by atoms with Gasteiger partial charge in [0.05, 0.1) is 12.6 Å². The van der Waals surface area contributed by atoms with Crippen LogP contribution in [0, 0.1) is 0 Å². The Bertz CT molecular complexity index is 403. The molecule has 0 saturated carbocycles. The second-order valence-corrected chi connectivity index (χ2v) is 4.33. The van der Waals surface area contributed by atoms with Crippen molar-refractivity contribution in [1.82, 2.24) is 4.90 Å². The third kappa shape index (κ3) is 4.67. The van der Waals surface area contributed by atoms with Crippen LogP contribution < -0.4 is 0 Å². The van der Waals surface area contributed by atoms with Gasteiger partial charge in [-0.15, -0.1) is 0 Å². The molecule has 1 aromatic carbocycles. The van der Waals surface area contributed by atoms with Crippen LogP contribution in [-0.2, 0) is 0 Å². The largest absolute Gasteiger partial charge is 0.401 e. The molecule has 0 spiro atoms. The standard InChI is InChI=1S/C14H18F3NO/c1-3-12(18(4-2)10-14(15,16)17)13(19)11-8-6-5-7-9-11/h5-9,12H,3-4,10H2,1-2H3. The zero-order valence-corrected chi connectivity index (χ0v) is 11.1. The van der Waals surface area contributed by atoms with Gasteiger partial charge in [0, 0.05) is 5.56 Å². The molecule has 5 heteroatoms. The molecule has 1 aromatic rings. The van der Waals surface area contributed by atoms with E-state index in [-0.39, 0.29) is 12.3 Å². The van der Waals surface area contributed by atoms with E-state index in [1.165, 1.54) is 4.90 Å². The molecule has 106 valence electrons. The summed E-state index contributed by atoms with van der Waals surface area (Å²) >= 11 is 0. The number of ketones is 1. The summed E-state index contributed by atoms with van der Waals surface area (Å²) in [5, 5.41) is 0. The van der Waals surface area contributed by atoms with Crippen LogP contribution in [0.2, 0.25) is 0 Å². The Kier molecular flexibility index (Phi) is 5.54. The number of hydrogen-bond acceptors (Lipinski definition) is 2. The molecule has 0 fully saturated rings. The predicted molar refractivity (Wildman–Crippen MR) is 68.2 cm³/mol. The lowest BCUT2D eigenvalue weighted by Gasteiger charge is -2.29. The van der Waals surface area contributed by atoms with E-state index in [2.05, 4.69) is 0 Å². The summed E-state index contributed by atoms with van der Waals surface area (Å²) in [7, 11) is 0. The van der Waals surface area contributed by atoms with Gasteiger partial charge < -0.3 is 0 Å². The highest BCUT2D eigenvalue weighted by Gasteiger charge is 2.35.